The maximum absolute atomic E-state index is 14.7. The van der Waals surface area contributed by atoms with E-state index >= 15 is 0 Å². The first-order valence-electron chi connectivity index (χ1n) is 17.9. The Morgan fingerprint density at radius 3 is 1.55 bits per heavy atom. The summed E-state index contributed by atoms with van der Waals surface area (Å²) in [6, 6.07) is 9.19. The molecule has 4 aliphatic rings. The van der Waals surface area contributed by atoms with E-state index in [4.69, 9.17) is 37.6 Å². The number of hydrogen-bond acceptors (Lipinski definition) is 12. The molecular formula is C38H56F2N8O8S2. The van der Waals surface area contributed by atoms with Gasteiger partial charge in [-0.05, 0) is 62.0 Å². The molecule has 0 unspecified atom stereocenters. The standard InChI is InChI=1S/C18H23FN4O4S.C15H19FN4O4.C3H6S.2CH4/c1-12(28)20-9-14-10-23(18(26)27-14)13-2-3-16(15(19)8-13)21-4-6-22(7-5-21)17(25)11-24;16-12-7-10(20-9-11(8-17)24-15(20)23)1-2-13(12)18-3-5-19(6-4-18)14(21)22;1-3(2)4;;/h2-3,8,14,24H,4-7,9-11H2,1H3,(H,20,28);1-2,7,11H,3-6,8-9,17H2,(H,21,22);1-2H3;2*1H4/t14-;11-;;;/m00.../s1. The lowest BCUT2D eigenvalue weighted by Crippen LogP contribution is -2.49. The summed E-state index contributed by atoms with van der Waals surface area (Å²) >= 11 is 9.49. The highest BCUT2D eigenvalue weighted by Crippen LogP contribution is 2.30. The lowest BCUT2D eigenvalue weighted by molar-refractivity contribution is -0.134. The van der Waals surface area contributed by atoms with Gasteiger partial charge in [0.15, 0.2) is 0 Å². The number of piperazine rings is 2. The van der Waals surface area contributed by atoms with Crippen LogP contribution in [0.2, 0.25) is 0 Å². The number of carboxylic acid groups (broad SMARTS) is 1. The SMILES string of the molecule is C.C.CC(=S)NC[C@H]1CN(c2ccc(N3CCN(C(=O)CO)CC3)c(F)c2)C(=O)O1.CC(C)=S.NC[C@H]1CN(c2ccc(N3CCN(C(=O)O)CC3)c(F)c2)C(=O)O1. The molecule has 2 atom stereocenters. The first-order valence-corrected chi connectivity index (χ1v) is 18.8. The molecule has 322 valence electrons. The Labute approximate surface area is 349 Å². The molecule has 0 saturated carbocycles. The zero-order valence-electron chi connectivity index (χ0n) is 31.5. The van der Waals surface area contributed by atoms with Gasteiger partial charge in [0.1, 0.15) is 30.4 Å². The van der Waals surface area contributed by atoms with Crippen molar-refractivity contribution in [3.63, 3.8) is 0 Å². The Balaban J connectivity index is 0.000000358. The van der Waals surface area contributed by atoms with Crippen molar-refractivity contribution < 1.29 is 47.6 Å². The van der Waals surface area contributed by atoms with Gasteiger partial charge in [0.05, 0.1) is 47.4 Å². The molecule has 0 aromatic heterocycles. The number of amides is 4. The Bertz CT molecular complexity index is 1760. The van der Waals surface area contributed by atoms with Gasteiger partial charge < -0.3 is 50.3 Å². The number of rotatable bonds is 8. The molecule has 0 aliphatic carbocycles. The van der Waals surface area contributed by atoms with Crippen molar-refractivity contribution in [3.05, 3.63) is 48.0 Å². The third-order valence-electron chi connectivity index (χ3n) is 9.07. The van der Waals surface area contributed by atoms with Crippen molar-refractivity contribution in [1.29, 1.82) is 0 Å². The third-order valence-corrected chi connectivity index (χ3v) is 9.22. The zero-order valence-corrected chi connectivity index (χ0v) is 33.1. The number of cyclic esters (lactones) is 2. The number of ether oxygens (including phenoxy) is 2. The van der Waals surface area contributed by atoms with Gasteiger partial charge in [-0.3, -0.25) is 14.6 Å². The molecule has 20 heteroatoms. The van der Waals surface area contributed by atoms with Crippen LogP contribution in [-0.4, -0.2) is 151 Å². The van der Waals surface area contributed by atoms with Crippen LogP contribution in [0.5, 0.6) is 0 Å². The van der Waals surface area contributed by atoms with Gasteiger partial charge in [-0.15, -0.1) is 0 Å². The molecule has 4 fully saturated rings. The molecule has 0 spiro atoms. The van der Waals surface area contributed by atoms with Crippen molar-refractivity contribution in [2.45, 2.75) is 47.8 Å². The fourth-order valence-electron chi connectivity index (χ4n) is 6.23. The lowest BCUT2D eigenvalue weighted by Gasteiger charge is -2.36. The molecule has 0 bridgehead atoms. The third kappa shape index (κ3) is 13.3. The van der Waals surface area contributed by atoms with E-state index in [0.29, 0.717) is 99.7 Å². The first kappa shape index (κ1) is 49.2. The smallest absolute Gasteiger partial charge is 0.414 e. The average Bonchev–Trinajstić information content (AvgIpc) is 3.75. The predicted molar refractivity (Wildman–Crippen MR) is 228 cm³/mol. The fourth-order valence-corrected chi connectivity index (χ4v) is 6.31. The summed E-state index contributed by atoms with van der Waals surface area (Å²) in [5.41, 5.74) is 7.15. The highest BCUT2D eigenvalue weighted by Gasteiger charge is 2.34. The number of carbonyl (C=O) groups is 4. The van der Waals surface area contributed by atoms with E-state index in [2.05, 4.69) is 17.5 Å². The molecule has 4 saturated heterocycles. The summed E-state index contributed by atoms with van der Waals surface area (Å²) in [5.74, 6) is -1.22. The number of nitrogens with one attached hydrogen (secondary N) is 1. The summed E-state index contributed by atoms with van der Waals surface area (Å²) in [5, 5.41) is 20.8. The number of benzene rings is 2. The average molecular weight is 855 g/mol. The molecule has 5 N–H and O–H groups in total. The number of thiocarbonyl (C=S) groups is 2. The number of halogens is 2. The highest BCUT2D eigenvalue weighted by molar-refractivity contribution is 7.80. The fraction of sp³-hybridized carbons (Fsp3) is 0.526. The minimum Gasteiger partial charge on any atom is -0.465 e. The second kappa shape index (κ2) is 22.9. The number of aliphatic hydroxyl groups excluding tert-OH is 1. The molecule has 6 rings (SSSR count). The van der Waals surface area contributed by atoms with Gasteiger partial charge in [0.2, 0.25) is 5.91 Å². The second-order valence-corrected chi connectivity index (χ2v) is 14.8. The predicted octanol–water partition coefficient (Wildman–Crippen LogP) is 4.31. The summed E-state index contributed by atoms with van der Waals surface area (Å²) in [4.78, 5) is 57.2. The van der Waals surface area contributed by atoms with Crippen LogP contribution < -0.4 is 30.7 Å². The summed E-state index contributed by atoms with van der Waals surface area (Å²) in [6.07, 6.45) is -2.76. The normalized spacial score (nSPS) is 18.7. The van der Waals surface area contributed by atoms with Gasteiger partial charge in [-0.2, -0.15) is 0 Å². The summed E-state index contributed by atoms with van der Waals surface area (Å²) in [6.45, 7) is 9.55. The van der Waals surface area contributed by atoms with Gasteiger partial charge in [-0.25, -0.2) is 23.2 Å². The van der Waals surface area contributed by atoms with Gasteiger partial charge in [0.25, 0.3) is 0 Å². The first-order chi connectivity index (χ1) is 26.6. The highest BCUT2D eigenvalue weighted by atomic mass is 32.1. The quantitative estimate of drug-likeness (QED) is 0.276. The topological polar surface area (TPSA) is 185 Å². The van der Waals surface area contributed by atoms with Crippen LogP contribution in [0.15, 0.2) is 36.4 Å². The van der Waals surface area contributed by atoms with Crippen LogP contribution in [0.1, 0.15) is 35.6 Å². The summed E-state index contributed by atoms with van der Waals surface area (Å²) in [7, 11) is 0. The van der Waals surface area contributed by atoms with Gasteiger partial charge >= 0.3 is 18.3 Å². The summed E-state index contributed by atoms with van der Waals surface area (Å²) < 4.78 is 39.5. The molecule has 16 nitrogen and oxygen atoms in total. The Kier molecular flexibility index (Phi) is 19.4. The van der Waals surface area contributed by atoms with E-state index in [-0.39, 0.29) is 39.5 Å². The molecule has 2 aromatic carbocycles. The monoisotopic (exact) mass is 854 g/mol. The van der Waals surface area contributed by atoms with E-state index < -0.39 is 36.5 Å². The maximum Gasteiger partial charge on any atom is 0.414 e. The number of hydrogen-bond donors (Lipinski definition) is 4. The molecule has 4 heterocycles. The van der Waals surface area contributed by atoms with Crippen molar-refractivity contribution in [1.82, 2.24) is 15.1 Å². The number of nitrogens with zero attached hydrogens (tertiary/aromatic N) is 6. The van der Waals surface area contributed by atoms with E-state index in [1.165, 1.54) is 26.8 Å². The lowest BCUT2D eigenvalue weighted by atomic mass is 10.2. The van der Waals surface area contributed by atoms with E-state index in [0.717, 1.165) is 4.86 Å². The van der Waals surface area contributed by atoms with Crippen LogP contribution in [-0.2, 0) is 14.3 Å². The number of nitrogens with two attached hydrogens (primary N) is 1. The van der Waals surface area contributed by atoms with Crippen molar-refractivity contribution in [2.75, 3.05) is 105 Å². The van der Waals surface area contributed by atoms with Crippen LogP contribution >= 0.6 is 24.4 Å². The Morgan fingerprint density at radius 1 is 0.776 bits per heavy atom. The minimum atomic E-state index is -0.965. The molecule has 58 heavy (non-hydrogen) atoms. The van der Waals surface area contributed by atoms with Gasteiger partial charge in [0, 0.05) is 58.9 Å². The van der Waals surface area contributed by atoms with Crippen molar-refractivity contribution >= 4 is 81.2 Å². The molecule has 4 aliphatic heterocycles. The molecule has 2 aromatic rings. The van der Waals surface area contributed by atoms with Gasteiger partial charge in [-0.1, -0.05) is 39.3 Å². The van der Waals surface area contributed by atoms with Crippen molar-refractivity contribution in [2.24, 2.45) is 5.73 Å². The second-order valence-electron chi connectivity index (χ2n) is 13.4. The Hall–Kier alpha value is -4.92. The molecular weight excluding hydrogens is 799 g/mol. The van der Waals surface area contributed by atoms with E-state index in [9.17, 15) is 28.0 Å². The van der Waals surface area contributed by atoms with E-state index in [1.54, 1.807) is 41.0 Å². The maximum atomic E-state index is 14.7. The number of carbonyl (C=O) groups excluding carboxylic acids is 3. The van der Waals surface area contributed by atoms with E-state index in [1.807, 2.05) is 18.7 Å². The van der Waals surface area contributed by atoms with Crippen molar-refractivity contribution in [3.8, 4) is 0 Å². The minimum absolute atomic E-state index is 0. The molecule has 0 radical (unpaired) electrons. The zero-order chi connectivity index (χ0) is 41.1. The number of aliphatic hydroxyl groups is 1. The van der Waals surface area contributed by atoms with Crippen LogP contribution in [0.25, 0.3) is 0 Å². The largest absolute Gasteiger partial charge is 0.465 e. The Morgan fingerprint density at radius 2 is 1.19 bits per heavy atom. The number of anilines is 4. The molecule has 4 amide bonds. The van der Waals surface area contributed by atoms with Crippen LogP contribution in [0.4, 0.5) is 45.9 Å². The van der Waals surface area contributed by atoms with Crippen LogP contribution in [0.3, 0.4) is 0 Å². The van der Waals surface area contributed by atoms with Crippen LogP contribution in [0, 0.1) is 11.6 Å².